The van der Waals surface area contributed by atoms with Crippen molar-refractivity contribution in [1.82, 2.24) is 4.90 Å². The molecular weight excluding hydrogens is 380 g/mol. The fraction of sp³-hybridized carbons (Fsp3) is 0.889. The number of aliphatic imine (C=N–C) groups is 1. The number of aliphatic hydroxyl groups excluding tert-OH is 1. The monoisotopic (exact) mass is 416 g/mol. The van der Waals surface area contributed by atoms with Crippen molar-refractivity contribution < 1.29 is 24.1 Å². The van der Waals surface area contributed by atoms with Gasteiger partial charge in [0.1, 0.15) is 18.8 Å². The molecule has 0 aromatic heterocycles. The molecule has 29 heavy (non-hydrogen) atoms. The van der Waals surface area contributed by atoms with Crippen molar-refractivity contribution in [1.29, 1.82) is 0 Å². The highest BCUT2D eigenvalue weighted by atomic mass is 16.7. The summed E-state index contributed by atoms with van der Waals surface area (Å²) in [6, 6.07) is -1.73. The molecule has 0 spiro atoms. The maximum atomic E-state index is 12.4. The Kier molecular flexibility index (Phi) is 8.76. The number of carbonyl (C=O) groups excluding carboxylic acids is 1. The predicted molar refractivity (Wildman–Crippen MR) is 108 cm³/mol. The van der Waals surface area contributed by atoms with E-state index in [-0.39, 0.29) is 30.6 Å². The van der Waals surface area contributed by atoms with Crippen LogP contribution in [0, 0.1) is 0 Å². The molecule has 0 aromatic rings. The van der Waals surface area contributed by atoms with E-state index < -0.39 is 36.7 Å². The lowest BCUT2D eigenvalue weighted by molar-refractivity contribution is -0.257. The highest BCUT2D eigenvalue weighted by Crippen LogP contribution is 2.30. The van der Waals surface area contributed by atoms with Crippen molar-refractivity contribution in [2.24, 2.45) is 27.9 Å². The Morgan fingerprint density at radius 2 is 2.07 bits per heavy atom. The molecule has 0 aromatic carbocycles. The zero-order valence-electron chi connectivity index (χ0n) is 17.4. The van der Waals surface area contributed by atoms with Gasteiger partial charge in [-0.05, 0) is 26.2 Å². The van der Waals surface area contributed by atoms with Crippen LogP contribution in [0.4, 0.5) is 0 Å². The van der Waals surface area contributed by atoms with Gasteiger partial charge in [-0.1, -0.05) is 0 Å². The van der Waals surface area contributed by atoms with Gasteiger partial charge in [0, 0.05) is 26.2 Å². The molecule has 0 radical (unpaired) electrons. The van der Waals surface area contributed by atoms with E-state index in [1.807, 2.05) is 6.92 Å². The molecule has 11 heteroatoms. The number of hydrogen-bond acceptors (Lipinski definition) is 9. The first kappa shape index (κ1) is 23.9. The molecule has 168 valence electrons. The molecule has 0 bridgehead atoms. The van der Waals surface area contributed by atoms with Crippen LogP contribution in [0.1, 0.15) is 26.2 Å². The third-order valence-electron chi connectivity index (χ3n) is 5.79. The van der Waals surface area contributed by atoms with Gasteiger partial charge < -0.3 is 47.2 Å². The minimum absolute atomic E-state index is 0.128. The maximum Gasteiger partial charge on any atom is 0.244 e. The van der Waals surface area contributed by atoms with Gasteiger partial charge in [-0.3, -0.25) is 9.79 Å². The summed E-state index contributed by atoms with van der Waals surface area (Å²) in [5.74, 6) is -0.311. The van der Waals surface area contributed by atoms with Crippen LogP contribution < -0.4 is 22.9 Å². The summed E-state index contributed by atoms with van der Waals surface area (Å²) in [4.78, 5) is 17.6. The van der Waals surface area contributed by atoms with Gasteiger partial charge in [0.05, 0.1) is 30.6 Å². The topological polar surface area (TPSA) is 185 Å². The minimum Gasteiger partial charge on any atom is -0.390 e. The van der Waals surface area contributed by atoms with E-state index in [2.05, 4.69) is 4.99 Å². The quantitative estimate of drug-likeness (QED) is 0.220. The molecule has 11 nitrogen and oxygen atoms in total. The Morgan fingerprint density at radius 1 is 1.38 bits per heavy atom. The van der Waals surface area contributed by atoms with Gasteiger partial charge >= 0.3 is 0 Å². The predicted octanol–water partition coefficient (Wildman–Crippen LogP) is -2.53. The van der Waals surface area contributed by atoms with Crippen molar-refractivity contribution in [2.75, 3.05) is 20.7 Å². The normalized spacial score (nSPS) is 39.4. The number of carbonyl (C=O) groups is 1. The van der Waals surface area contributed by atoms with E-state index >= 15 is 0 Å². The molecule has 1 amide bonds. The first-order valence-corrected chi connectivity index (χ1v) is 9.95. The molecule has 2 fully saturated rings. The molecule has 1 aliphatic heterocycles. The molecule has 1 heterocycles. The number of nitrogens with two attached hydrogens (primary N) is 4. The second-order valence-corrected chi connectivity index (χ2v) is 7.89. The van der Waals surface area contributed by atoms with Crippen molar-refractivity contribution in [3.63, 3.8) is 0 Å². The van der Waals surface area contributed by atoms with Crippen LogP contribution in [0.25, 0.3) is 0 Å². The SMILES string of the molecule is COC1CC(N)C(OC2OC([C@H](C)N)CCC2N)C(O)C1N(C)C(=O)CN=CN. The van der Waals surface area contributed by atoms with E-state index in [0.717, 1.165) is 12.8 Å². The Balaban J connectivity index is 2.16. The van der Waals surface area contributed by atoms with Gasteiger partial charge in [0.2, 0.25) is 5.91 Å². The highest BCUT2D eigenvalue weighted by Gasteiger charge is 2.48. The van der Waals surface area contributed by atoms with Crippen molar-refractivity contribution in [2.45, 2.75) is 81.1 Å². The Morgan fingerprint density at radius 3 is 2.66 bits per heavy atom. The average Bonchev–Trinajstić information content (AvgIpc) is 2.69. The summed E-state index contributed by atoms with van der Waals surface area (Å²) in [5.41, 5.74) is 23.6. The molecule has 9 N–H and O–H groups in total. The van der Waals surface area contributed by atoms with Crippen LogP contribution in [-0.2, 0) is 19.0 Å². The summed E-state index contributed by atoms with van der Waals surface area (Å²) >= 11 is 0. The Hall–Kier alpha value is -1.34. The van der Waals surface area contributed by atoms with Crippen LogP contribution in [0.2, 0.25) is 0 Å². The molecule has 1 saturated carbocycles. The zero-order valence-corrected chi connectivity index (χ0v) is 17.4. The van der Waals surface area contributed by atoms with Crippen molar-refractivity contribution >= 4 is 12.2 Å². The first-order chi connectivity index (χ1) is 13.7. The molecule has 9 atom stereocenters. The summed E-state index contributed by atoms with van der Waals surface area (Å²) in [7, 11) is 3.10. The average molecular weight is 417 g/mol. The van der Waals surface area contributed by atoms with E-state index in [4.69, 9.17) is 37.1 Å². The zero-order chi connectivity index (χ0) is 21.7. The molecule has 2 aliphatic rings. The van der Waals surface area contributed by atoms with Gasteiger partial charge in [-0.15, -0.1) is 0 Å². The number of methoxy groups -OCH3 is 1. The number of ether oxygens (including phenoxy) is 3. The van der Waals surface area contributed by atoms with E-state index in [1.165, 1.54) is 12.0 Å². The van der Waals surface area contributed by atoms with E-state index in [0.29, 0.717) is 12.8 Å². The van der Waals surface area contributed by atoms with Crippen molar-refractivity contribution in [3.8, 4) is 0 Å². The lowest BCUT2D eigenvalue weighted by Crippen LogP contribution is -2.67. The lowest BCUT2D eigenvalue weighted by atomic mass is 9.83. The van der Waals surface area contributed by atoms with Crippen LogP contribution in [0.3, 0.4) is 0 Å². The Bertz CT molecular complexity index is 565. The largest absolute Gasteiger partial charge is 0.390 e. The summed E-state index contributed by atoms with van der Waals surface area (Å²) in [5, 5.41) is 11.1. The van der Waals surface area contributed by atoms with Crippen LogP contribution in [0.5, 0.6) is 0 Å². The smallest absolute Gasteiger partial charge is 0.244 e. The number of aliphatic hydroxyl groups is 1. The molecule has 8 unspecified atom stereocenters. The number of likely N-dealkylation sites (N-methyl/N-ethyl adjacent to an activating group) is 1. The molecule has 2 rings (SSSR count). The molecule has 1 saturated heterocycles. The Labute approximate surface area is 171 Å². The summed E-state index contributed by atoms with van der Waals surface area (Å²) < 4.78 is 17.5. The second-order valence-electron chi connectivity index (χ2n) is 7.89. The van der Waals surface area contributed by atoms with Crippen LogP contribution in [0.15, 0.2) is 4.99 Å². The standard InChI is InChI=1S/C18H36N6O5/c1-9(20)12-5-4-10(21)18(28-12)29-17-11(22)6-13(27-3)15(16(17)26)24(2)14(25)7-23-8-19/h8-13,15-18,26H,4-7,20-22H2,1-3H3,(H2,19,23)/t9-,10?,11?,12?,13?,15?,16?,17?,18?/m0/s1. The number of rotatable bonds is 7. The maximum absolute atomic E-state index is 12.4. The van der Waals surface area contributed by atoms with E-state index in [9.17, 15) is 9.90 Å². The number of hydrogen-bond donors (Lipinski definition) is 5. The minimum atomic E-state index is -1.11. The third kappa shape index (κ3) is 5.63. The fourth-order valence-corrected chi connectivity index (χ4v) is 4.02. The van der Waals surface area contributed by atoms with Crippen molar-refractivity contribution in [3.05, 3.63) is 0 Å². The molecular formula is C18H36N6O5. The second kappa shape index (κ2) is 10.6. The third-order valence-corrected chi connectivity index (χ3v) is 5.79. The summed E-state index contributed by atoms with van der Waals surface area (Å²) in [6.45, 7) is 1.74. The van der Waals surface area contributed by atoms with E-state index in [1.54, 1.807) is 7.05 Å². The molecule has 1 aliphatic carbocycles. The fourth-order valence-electron chi connectivity index (χ4n) is 4.02. The number of amides is 1. The van der Waals surface area contributed by atoms with Gasteiger partial charge in [0.15, 0.2) is 6.29 Å². The van der Waals surface area contributed by atoms with Crippen LogP contribution >= 0.6 is 0 Å². The highest BCUT2D eigenvalue weighted by molar-refractivity contribution is 5.79. The van der Waals surface area contributed by atoms with Gasteiger partial charge in [-0.2, -0.15) is 0 Å². The van der Waals surface area contributed by atoms with Gasteiger partial charge in [-0.25, -0.2) is 0 Å². The number of nitrogens with zero attached hydrogens (tertiary/aromatic N) is 2. The first-order valence-electron chi connectivity index (χ1n) is 9.95. The summed E-state index contributed by atoms with van der Waals surface area (Å²) in [6.07, 6.45) is -0.401. The van der Waals surface area contributed by atoms with Gasteiger partial charge in [0.25, 0.3) is 0 Å². The lowest BCUT2D eigenvalue weighted by Gasteiger charge is -2.48. The van der Waals surface area contributed by atoms with Crippen LogP contribution in [-0.4, -0.2) is 97.8 Å².